The number of imidazole rings is 1. The van der Waals surface area contributed by atoms with Crippen LogP contribution >= 0.6 is 24.8 Å². The molecule has 4 rings (SSSR count). The summed E-state index contributed by atoms with van der Waals surface area (Å²) < 4.78 is 21.8. The maximum absolute atomic E-state index is 14.2. The number of nitrogens with zero attached hydrogens (tertiary/aromatic N) is 3. The second-order valence-electron chi connectivity index (χ2n) is 6.68. The van der Waals surface area contributed by atoms with E-state index in [2.05, 4.69) is 15.3 Å². The molecule has 0 fully saturated rings. The summed E-state index contributed by atoms with van der Waals surface area (Å²) in [6, 6.07) is 11.5. The molecule has 0 saturated heterocycles. The van der Waals surface area contributed by atoms with E-state index in [-0.39, 0.29) is 36.9 Å². The molecule has 0 aliphatic heterocycles. The maximum Gasteiger partial charge on any atom is 0.254 e. The second kappa shape index (κ2) is 11.4. The van der Waals surface area contributed by atoms with Gasteiger partial charge < -0.3 is 20.2 Å². The summed E-state index contributed by atoms with van der Waals surface area (Å²) in [4.78, 5) is 20.9. The molecule has 0 aliphatic rings. The number of benzene rings is 2. The lowest BCUT2D eigenvalue weighted by Crippen LogP contribution is -2.24. The summed E-state index contributed by atoms with van der Waals surface area (Å²) in [5.41, 5.74) is 7.86. The normalized spacial score (nSPS) is 10.2. The number of nitrogens with two attached hydrogens (primary N) is 1. The molecule has 0 atom stereocenters. The molecule has 3 N–H and O–H groups in total. The van der Waals surface area contributed by atoms with Crippen LogP contribution < -0.4 is 15.8 Å². The number of aromatic nitrogens is 3. The van der Waals surface area contributed by atoms with Gasteiger partial charge in [0, 0.05) is 18.6 Å². The molecule has 0 spiro atoms. The molecular weight excluding hydrogens is 456 g/mol. The maximum atomic E-state index is 14.2. The van der Waals surface area contributed by atoms with Gasteiger partial charge in [-0.3, -0.25) is 9.78 Å². The highest BCUT2D eigenvalue weighted by Crippen LogP contribution is 2.24. The Hall–Kier alpha value is -3.20. The highest BCUT2D eigenvalue weighted by Gasteiger charge is 2.14. The van der Waals surface area contributed by atoms with Gasteiger partial charge in [0.25, 0.3) is 5.91 Å². The third kappa shape index (κ3) is 5.94. The molecule has 0 unspecified atom stereocenters. The predicted octanol–water partition coefficient (Wildman–Crippen LogP) is 3.94. The zero-order valence-corrected chi connectivity index (χ0v) is 18.5. The predicted molar refractivity (Wildman–Crippen MR) is 124 cm³/mol. The SMILES string of the molecule is Cl.Cl.NCCc1ccc(Oc2ccc(F)c(C(=O)NCc3cn4ccncc4n3)c2)cc1. The number of hydrogen-bond donors (Lipinski definition) is 2. The van der Waals surface area contributed by atoms with Gasteiger partial charge in [0.2, 0.25) is 0 Å². The smallest absolute Gasteiger partial charge is 0.254 e. The van der Waals surface area contributed by atoms with Gasteiger partial charge in [-0.05, 0) is 48.9 Å². The van der Waals surface area contributed by atoms with Crippen molar-refractivity contribution in [2.24, 2.45) is 5.73 Å². The van der Waals surface area contributed by atoms with Crippen LogP contribution in [0.4, 0.5) is 4.39 Å². The number of nitrogens with one attached hydrogen (secondary N) is 1. The topological polar surface area (TPSA) is 94.5 Å². The molecule has 2 heterocycles. The quantitative estimate of drug-likeness (QED) is 0.420. The van der Waals surface area contributed by atoms with Gasteiger partial charge in [-0.1, -0.05) is 12.1 Å². The van der Waals surface area contributed by atoms with E-state index >= 15 is 0 Å². The van der Waals surface area contributed by atoms with Crippen molar-refractivity contribution in [3.8, 4) is 11.5 Å². The number of hydrogen-bond acceptors (Lipinski definition) is 5. The van der Waals surface area contributed by atoms with Crippen molar-refractivity contribution in [1.82, 2.24) is 19.7 Å². The molecule has 32 heavy (non-hydrogen) atoms. The molecule has 10 heteroatoms. The van der Waals surface area contributed by atoms with Crippen molar-refractivity contribution >= 4 is 36.4 Å². The van der Waals surface area contributed by atoms with Crippen molar-refractivity contribution in [2.75, 3.05) is 6.54 Å². The first-order valence-corrected chi connectivity index (χ1v) is 9.44. The third-order valence-electron chi connectivity index (χ3n) is 4.52. The molecule has 0 aliphatic carbocycles. The minimum atomic E-state index is -0.627. The van der Waals surface area contributed by atoms with E-state index in [1.165, 1.54) is 18.2 Å². The highest BCUT2D eigenvalue weighted by atomic mass is 35.5. The van der Waals surface area contributed by atoms with E-state index < -0.39 is 11.7 Å². The molecule has 0 saturated carbocycles. The van der Waals surface area contributed by atoms with Crippen LogP contribution in [-0.4, -0.2) is 26.8 Å². The standard InChI is InChI=1S/C22H20FN5O2.2ClH/c23-20-6-5-18(30-17-3-1-15(2-4-17)7-8-24)11-19(20)22(29)26-12-16-14-28-10-9-25-13-21(28)27-16;;/h1-6,9-11,13-14H,7-8,12,24H2,(H,26,29);2*1H. The summed E-state index contributed by atoms with van der Waals surface area (Å²) in [5.74, 6) is -0.220. The number of fused-ring (bicyclic) bond motifs is 1. The minimum Gasteiger partial charge on any atom is -0.457 e. The minimum absolute atomic E-state index is 0. The van der Waals surface area contributed by atoms with Gasteiger partial charge in [-0.2, -0.15) is 0 Å². The van der Waals surface area contributed by atoms with Gasteiger partial charge in [-0.15, -0.1) is 24.8 Å². The molecule has 168 valence electrons. The van der Waals surface area contributed by atoms with Crippen LogP contribution in [-0.2, 0) is 13.0 Å². The fourth-order valence-electron chi connectivity index (χ4n) is 3.02. The summed E-state index contributed by atoms with van der Waals surface area (Å²) in [5, 5.41) is 2.69. The van der Waals surface area contributed by atoms with Crippen LogP contribution in [0.1, 0.15) is 21.6 Å². The van der Waals surface area contributed by atoms with Crippen molar-refractivity contribution in [2.45, 2.75) is 13.0 Å². The summed E-state index contributed by atoms with van der Waals surface area (Å²) in [7, 11) is 0. The Kier molecular flexibility index (Phi) is 8.95. The number of amides is 1. The first-order valence-electron chi connectivity index (χ1n) is 9.44. The van der Waals surface area contributed by atoms with E-state index in [0.717, 1.165) is 12.0 Å². The van der Waals surface area contributed by atoms with Gasteiger partial charge in [-0.25, -0.2) is 9.37 Å². The van der Waals surface area contributed by atoms with Crippen molar-refractivity contribution in [3.63, 3.8) is 0 Å². The molecule has 0 radical (unpaired) electrons. The molecule has 2 aromatic heterocycles. The Morgan fingerprint density at radius 2 is 1.88 bits per heavy atom. The number of carbonyl (C=O) groups excluding carboxylic acids is 1. The van der Waals surface area contributed by atoms with E-state index in [0.29, 0.717) is 29.4 Å². The fraction of sp³-hybridized carbons (Fsp3) is 0.136. The zero-order valence-electron chi connectivity index (χ0n) is 16.9. The van der Waals surface area contributed by atoms with Crippen LogP contribution in [0.15, 0.2) is 67.3 Å². The van der Waals surface area contributed by atoms with Crippen LogP contribution in [0.25, 0.3) is 5.65 Å². The summed E-state index contributed by atoms with van der Waals surface area (Å²) in [6.07, 6.45) is 7.58. The Labute approximate surface area is 196 Å². The van der Waals surface area contributed by atoms with Crippen molar-refractivity contribution < 1.29 is 13.9 Å². The fourth-order valence-corrected chi connectivity index (χ4v) is 3.02. The van der Waals surface area contributed by atoms with Gasteiger partial charge in [0.05, 0.1) is 24.0 Å². The molecular formula is C22H22Cl2FN5O2. The first-order chi connectivity index (χ1) is 14.6. The van der Waals surface area contributed by atoms with Gasteiger partial charge >= 0.3 is 0 Å². The van der Waals surface area contributed by atoms with Crippen molar-refractivity contribution in [3.05, 3.63) is 89.9 Å². The monoisotopic (exact) mass is 477 g/mol. The van der Waals surface area contributed by atoms with Crippen LogP contribution in [0.2, 0.25) is 0 Å². The number of carbonyl (C=O) groups is 1. The number of halogens is 3. The molecule has 0 bridgehead atoms. The lowest BCUT2D eigenvalue weighted by Gasteiger charge is -2.10. The lowest BCUT2D eigenvalue weighted by atomic mass is 10.1. The average Bonchev–Trinajstić information content (AvgIpc) is 3.18. The molecule has 7 nitrogen and oxygen atoms in total. The molecule has 1 amide bonds. The zero-order chi connectivity index (χ0) is 20.9. The van der Waals surface area contributed by atoms with E-state index in [1.807, 2.05) is 24.3 Å². The van der Waals surface area contributed by atoms with Crippen LogP contribution in [0.3, 0.4) is 0 Å². The summed E-state index contributed by atoms with van der Waals surface area (Å²) in [6.45, 7) is 0.732. The first kappa shape index (κ1) is 25.1. The Balaban J connectivity index is 0.00000181. The van der Waals surface area contributed by atoms with Crippen molar-refractivity contribution in [1.29, 1.82) is 0 Å². The largest absolute Gasteiger partial charge is 0.457 e. The van der Waals surface area contributed by atoms with E-state index in [4.69, 9.17) is 10.5 Å². The number of ether oxygens (including phenoxy) is 1. The van der Waals surface area contributed by atoms with E-state index in [9.17, 15) is 9.18 Å². The lowest BCUT2D eigenvalue weighted by molar-refractivity contribution is 0.0946. The molecule has 2 aromatic carbocycles. The Bertz CT molecular complexity index is 1150. The average molecular weight is 478 g/mol. The van der Waals surface area contributed by atoms with Gasteiger partial charge in [0.1, 0.15) is 17.3 Å². The Morgan fingerprint density at radius 1 is 1.12 bits per heavy atom. The highest BCUT2D eigenvalue weighted by molar-refractivity contribution is 5.94. The third-order valence-corrected chi connectivity index (χ3v) is 4.52. The number of rotatable bonds is 7. The van der Waals surface area contributed by atoms with Crippen LogP contribution in [0.5, 0.6) is 11.5 Å². The Morgan fingerprint density at radius 3 is 2.59 bits per heavy atom. The molecule has 4 aromatic rings. The van der Waals surface area contributed by atoms with Gasteiger partial charge in [0.15, 0.2) is 5.65 Å². The van der Waals surface area contributed by atoms with Crippen LogP contribution in [0, 0.1) is 5.82 Å². The second-order valence-corrected chi connectivity index (χ2v) is 6.68. The summed E-state index contributed by atoms with van der Waals surface area (Å²) >= 11 is 0. The van der Waals surface area contributed by atoms with E-state index in [1.54, 1.807) is 29.2 Å².